The third kappa shape index (κ3) is 1.18. The maximum atomic E-state index is 9.72. The Hall–Kier alpha value is -1.02. The van der Waals surface area contributed by atoms with Gasteiger partial charge in [0.25, 0.3) is 0 Å². The number of hydrogen-bond donors (Lipinski definition) is 1. The number of benzene rings is 1. The van der Waals surface area contributed by atoms with Crippen LogP contribution in [-0.4, -0.2) is 12.2 Å². The van der Waals surface area contributed by atoms with E-state index in [1.54, 1.807) is 7.11 Å². The number of ether oxygens (including phenoxy) is 1. The Bertz CT molecular complexity index is 272. The molecule has 12 heavy (non-hydrogen) atoms. The van der Waals surface area contributed by atoms with Gasteiger partial charge in [-0.15, -0.1) is 0 Å². The number of rotatable bonds is 2. The molecule has 0 bridgehead atoms. The van der Waals surface area contributed by atoms with Crippen molar-refractivity contribution < 1.29 is 9.84 Å². The fourth-order valence-electron chi connectivity index (χ4n) is 1.31. The Morgan fingerprint density at radius 3 is 2.25 bits per heavy atom. The maximum Gasteiger partial charge on any atom is 0.118 e. The molecule has 64 valence electrons. The van der Waals surface area contributed by atoms with E-state index >= 15 is 0 Å². The van der Waals surface area contributed by atoms with Crippen LogP contribution in [0, 0.1) is 0 Å². The predicted octanol–water partition coefficient (Wildman–Crippen LogP) is 1.68. The second-order valence-electron chi connectivity index (χ2n) is 3.26. The van der Waals surface area contributed by atoms with Gasteiger partial charge >= 0.3 is 0 Å². The number of aliphatic hydroxyl groups is 1. The van der Waals surface area contributed by atoms with Gasteiger partial charge < -0.3 is 9.84 Å². The van der Waals surface area contributed by atoms with Crippen molar-refractivity contribution >= 4 is 0 Å². The fourth-order valence-corrected chi connectivity index (χ4v) is 1.31. The molecule has 0 atom stereocenters. The van der Waals surface area contributed by atoms with Gasteiger partial charge in [-0.2, -0.15) is 0 Å². The quantitative estimate of drug-likeness (QED) is 0.720. The van der Waals surface area contributed by atoms with Gasteiger partial charge in [-0.05, 0) is 30.5 Å². The highest BCUT2D eigenvalue weighted by Gasteiger charge is 2.41. The van der Waals surface area contributed by atoms with Gasteiger partial charge in [0.05, 0.1) is 12.7 Å². The van der Waals surface area contributed by atoms with E-state index in [0.717, 1.165) is 24.2 Å². The summed E-state index contributed by atoms with van der Waals surface area (Å²) in [5, 5.41) is 9.72. The molecule has 2 heteroatoms. The van der Waals surface area contributed by atoms with E-state index in [4.69, 9.17) is 4.74 Å². The van der Waals surface area contributed by atoms with Crippen LogP contribution in [0.15, 0.2) is 24.3 Å². The Morgan fingerprint density at radius 1 is 1.25 bits per heavy atom. The molecule has 1 saturated carbocycles. The molecule has 0 aliphatic heterocycles. The fraction of sp³-hybridized carbons (Fsp3) is 0.400. The first kappa shape index (κ1) is 7.62. The van der Waals surface area contributed by atoms with Gasteiger partial charge in [-0.25, -0.2) is 0 Å². The zero-order valence-corrected chi connectivity index (χ0v) is 7.08. The molecule has 1 aliphatic rings. The minimum atomic E-state index is -0.522. The molecule has 1 aliphatic carbocycles. The van der Waals surface area contributed by atoms with Gasteiger partial charge in [-0.1, -0.05) is 12.1 Å². The lowest BCUT2D eigenvalue weighted by Crippen LogP contribution is -2.03. The molecular weight excluding hydrogens is 152 g/mol. The van der Waals surface area contributed by atoms with Gasteiger partial charge in [-0.3, -0.25) is 0 Å². The van der Waals surface area contributed by atoms with Crippen molar-refractivity contribution in [2.45, 2.75) is 18.4 Å². The second-order valence-corrected chi connectivity index (χ2v) is 3.26. The van der Waals surface area contributed by atoms with E-state index in [1.165, 1.54) is 0 Å². The Balaban J connectivity index is 2.25. The molecule has 2 rings (SSSR count). The topological polar surface area (TPSA) is 29.5 Å². The standard InChI is InChI=1S/C10H12O2/c1-12-9-4-2-8(3-5-9)10(11)6-7-10/h2-5,11H,6-7H2,1H3. The second kappa shape index (κ2) is 2.49. The summed E-state index contributed by atoms with van der Waals surface area (Å²) in [6.45, 7) is 0. The molecule has 0 saturated heterocycles. The first-order valence-corrected chi connectivity index (χ1v) is 4.11. The van der Waals surface area contributed by atoms with E-state index in [9.17, 15) is 5.11 Å². The third-order valence-electron chi connectivity index (χ3n) is 2.35. The average Bonchev–Trinajstić information content (AvgIpc) is 2.85. The minimum Gasteiger partial charge on any atom is -0.497 e. The van der Waals surface area contributed by atoms with E-state index in [0.29, 0.717) is 0 Å². The summed E-state index contributed by atoms with van der Waals surface area (Å²) in [5.41, 5.74) is 0.481. The van der Waals surface area contributed by atoms with Crippen LogP contribution in [0.3, 0.4) is 0 Å². The van der Waals surface area contributed by atoms with Crippen LogP contribution in [0.1, 0.15) is 18.4 Å². The highest BCUT2D eigenvalue weighted by Crippen LogP contribution is 2.45. The summed E-state index contributed by atoms with van der Waals surface area (Å²) >= 11 is 0. The SMILES string of the molecule is COc1ccc(C2(O)CC2)cc1. The van der Waals surface area contributed by atoms with Gasteiger partial charge in [0.1, 0.15) is 5.75 Å². The van der Waals surface area contributed by atoms with Crippen molar-refractivity contribution in [1.82, 2.24) is 0 Å². The molecule has 1 N–H and O–H groups in total. The molecule has 0 radical (unpaired) electrons. The summed E-state index contributed by atoms with van der Waals surface area (Å²) in [6, 6.07) is 7.61. The summed E-state index contributed by atoms with van der Waals surface area (Å²) in [6.07, 6.45) is 1.78. The van der Waals surface area contributed by atoms with Crippen LogP contribution in [0.2, 0.25) is 0 Å². The molecule has 1 fully saturated rings. The third-order valence-corrected chi connectivity index (χ3v) is 2.35. The van der Waals surface area contributed by atoms with Crippen molar-refractivity contribution in [2.75, 3.05) is 7.11 Å². The average molecular weight is 164 g/mol. The van der Waals surface area contributed by atoms with E-state index in [1.807, 2.05) is 24.3 Å². The molecule has 1 aromatic carbocycles. The van der Waals surface area contributed by atoms with Crippen molar-refractivity contribution in [2.24, 2.45) is 0 Å². The van der Waals surface area contributed by atoms with Crippen molar-refractivity contribution in [1.29, 1.82) is 0 Å². The maximum absolute atomic E-state index is 9.72. The van der Waals surface area contributed by atoms with Crippen LogP contribution in [0.25, 0.3) is 0 Å². The molecule has 0 aromatic heterocycles. The Kier molecular flexibility index (Phi) is 1.58. The molecule has 0 unspecified atom stereocenters. The van der Waals surface area contributed by atoms with E-state index < -0.39 is 5.60 Å². The number of hydrogen-bond acceptors (Lipinski definition) is 2. The molecule has 0 heterocycles. The predicted molar refractivity (Wildman–Crippen MR) is 46.1 cm³/mol. The highest BCUT2D eigenvalue weighted by molar-refractivity contribution is 5.33. The zero-order valence-electron chi connectivity index (χ0n) is 7.08. The van der Waals surface area contributed by atoms with Crippen LogP contribution in [0.5, 0.6) is 5.75 Å². The summed E-state index contributed by atoms with van der Waals surface area (Å²) in [5.74, 6) is 0.836. The largest absolute Gasteiger partial charge is 0.497 e. The lowest BCUT2D eigenvalue weighted by molar-refractivity contribution is 0.151. The van der Waals surface area contributed by atoms with Gasteiger partial charge in [0, 0.05) is 0 Å². The van der Waals surface area contributed by atoms with Crippen molar-refractivity contribution in [3.8, 4) is 5.75 Å². The number of methoxy groups -OCH3 is 1. The molecule has 0 spiro atoms. The van der Waals surface area contributed by atoms with Crippen LogP contribution < -0.4 is 4.74 Å². The first-order chi connectivity index (χ1) is 5.74. The molecule has 2 nitrogen and oxygen atoms in total. The molecule has 0 amide bonds. The van der Waals surface area contributed by atoms with Crippen molar-refractivity contribution in [3.63, 3.8) is 0 Å². The zero-order chi connectivity index (χ0) is 8.60. The summed E-state index contributed by atoms with van der Waals surface area (Å²) in [7, 11) is 1.64. The summed E-state index contributed by atoms with van der Waals surface area (Å²) in [4.78, 5) is 0. The molecular formula is C10H12O2. The van der Waals surface area contributed by atoms with Crippen molar-refractivity contribution in [3.05, 3.63) is 29.8 Å². The Morgan fingerprint density at radius 2 is 1.83 bits per heavy atom. The molecule has 1 aromatic rings. The summed E-state index contributed by atoms with van der Waals surface area (Å²) < 4.78 is 5.02. The van der Waals surface area contributed by atoms with Crippen LogP contribution in [-0.2, 0) is 5.60 Å². The lowest BCUT2D eigenvalue weighted by atomic mass is 10.1. The van der Waals surface area contributed by atoms with Gasteiger partial charge in [0.15, 0.2) is 0 Å². The monoisotopic (exact) mass is 164 g/mol. The van der Waals surface area contributed by atoms with Gasteiger partial charge in [0.2, 0.25) is 0 Å². The highest BCUT2D eigenvalue weighted by atomic mass is 16.5. The Labute approximate surface area is 71.8 Å². The smallest absolute Gasteiger partial charge is 0.118 e. The van der Waals surface area contributed by atoms with Crippen LogP contribution in [0.4, 0.5) is 0 Å². The first-order valence-electron chi connectivity index (χ1n) is 4.11. The van der Waals surface area contributed by atoms with Crippen LogP contribution >= 0.6 is 0 Å². The van der Waals surface area contributed by atoms with E-state index in [-0.39, 0.29) is 0 Å². The lowest BCUT2D eigenvalue weighted by Gasteiger charge is -2.07. The normalized spacial score (nSPS) is 18.8. The van der Waals surface area contributed by atoms with E-state index in [2.05, 4.69) is 0 Å². The minimum absolute atomic E-state index is 0.522.